The third-order valence-corrected chi connectivity index (χ3v) is 6.14. The van der Waals surface area contributed by atoms with Crippen molar-refractivity contribution in [2.75, 3.05) is 0 Å². The highest BCUT2D eigenvalue weighted by Gasteiger charge is 2.45. The number of Topliss-reactive ketones (excluding diaryl/α,β-unsaturated/α-hetero) is 2. The van der Waals surface area contributed by atoms with Crippen molar-refractivity contribution in [3.05, 3.63) is 122 Å². The molecule has 3 aromatic carbocycles. The maximum absolute atomic E-state index is 13.4. The van der Waals surface area contributed by atoms with Gasteiger partial charge in [-0.2, -0.15) is 0 Å². The number of hydrogen-bond acceptors (Lipinski definition) is 5. The lowest BCUT2D eigenvalue weighted by atomic mass is 9.85. The Labute approximate surface area is 176 Å². The minimum Gasteiger partial charge on any atom is -0.373 e. The number of hydrogen-bond donors (Lipinski definition) is 1. The van der Waals surface area contributed by atoms with Gasteiger partial charge >= 0.3 is 0 Å². The monoisotopic (exact) mass is 406 g/mol. The molecule has 6 nitrogen and oxygen atoms in total. The Bertz CT molecular complexity index is 1410. The van der Waals surface area contributed by atoms with E-state index in [1.54, 1.807) is 24.3 Å². The van der Waals surface area contributed by atoms with Gasteiger partial charge in [0, 0.05) is 40.0 Å². The zero-order valence-corrected chi connectivity index (χ0v) is 16.1. The Morgan fingerprint density at radius 2 is 1.39 bits per heavy atom. The lowest BCUT2D eigenvalue weighted by molar-refractivity contribution is -0.384. The Kier molecular flexibility index (Phi) is 3.44. The van der Waals surface area contributed by atoms with Crippen LogP contribution in [0.25, 0.3) is 11.3 Å². The lowest BCUT2D eigenvalue weighted by Gasteiger charge is -2.27. The molecule has 1 N–H and O–H groups in total. The number of carbonyl (C=O) groups is 2. The first-order valence-corrected chi connectivity index (χ1v) is 9.84. The number of rotatable bonds is 2. The third kappa shape index (κ3) is 2.27. The SMILES string of the molecule is O=C1C2=C(NC3C(=C2c2ccc([N+](=O)[O-])cc2)C(=O)c2ccccc23)c2ccccc21. The zero-order valence-electron chi connectivity index (χ0n) is 16.1. The highest BCUT2D eigenvalue weighted by atomic mass is 16.6. The second-order valence-corrected chi connectivity index (χ2v) is 7.71. The van der Waals surface area contributed by atoms with Crippen molar-refractivity contribution < 1.29 is 14.5 Å². The van der Waals surface area contributed by atoms with Crippen LogP contribution < -0.4 is 5.32 Å². The summed E-state index contributed by atoms with van der Waals surface area (Å²) in [5, 5.41) is 14.6. The van der Waals surface area contributed by atoms with Gasteiger partial charge in [0.25, 0.3) is 5.69 Å². The van der Waals surface area contributed by atoms with Gasteiger partial charge in [0.15, 0.2) is 11.6 Å². The summed E-state index contributed by atoms with van der Waals surface area (Å²) in [5.74, 6) is -0.280. The van der Waals surface area contributed by atoms with E-state index >= 15 is 0 Å². The molecule has 0 saturated carbocycles. The fourth-order valence-electron chi connectivity index (χ4n) is 4.79. The van der Waals surface area contributed by atoms with Crippen LogP contribution in [0.15, 0.2) is 83.9 Å². The number of fused-ring (bicyclic) bond motifs is 5. The van der Waals surface area contributed by atoms with Crippen LogP contribution in [0.4, 0.5) is 5.69 Å². The summed E-state index contributed by atoms with van der Waals surface area (Å²) < 4.78 is 0. The van der Waals surface area contributed by atoms with E-state index in [-0.39, 0.29) is 23.3 Å². The second kappa shape index (κ2) is 6.09. The maximum Gasteiger partial charge on any atom is 0.269 e. The number of nitro groups is 1. The molecule has 3 aliphatic rings. The molecule has 0 aromatic heterocycles. The van der Waals surface area contributed by atoms with Crippen molar-refractivity contribution in [2.24, 2.45) is 0 Å². The van der Waals surface area contributed by atoms with Crippen LogP contribution in [0, 0.1) is 10.1 Å². The maximum atomic E-state index is 13.4. The highest BCUT2D eigenvalue weighted by molar-refractivity contribution is 6.33. The van der Waals surface area contributed by atoms with Gasteiger partial charge in [-0.15, -0.1) is 0 Å². The second-order valence-electron chi connectivity index (χ2n) is 7.71. The first-order chi connectivity index (χ1) is 15.1. The topological polar surface area (TPSA) is 89.3 Å². The van der Waals surface area contributed by atoms with Gasteiger partial charge in [-0.1, -0.05) is 48.5 Å². The van der Waals surface area contributed by atoms with E-state index in [9.17, 15) is 19.7 Å². The van der Waals surface area contributed by atoms with Gasteiger partial charge in [-0.3, -0.25) is 19.7 Å². The molecule has 1 unspecified atom stereocenters. The third-order valence-electron chi connectivity index (χ3n) is 6.14. The molecule has 6 heteroatoms. The summed E-state index contributed by atoms with van der Waals surface area (Å²) in [5.41, 5.74) is 5.64. The molecule has 0 bridgehead atoms. The number of dihydropyridines is 1. The quantitative estimate of drug-likeness (QED) is 0.500. The molecule has 0 saturated heterocycles. The van der Waals surface area contributed by atoms with Gasteiger partial charge in [0.2, 0.25) is 0 Å². The van der Waals surface area contributed by atoms with Gasteiger partial charge in [-0.25, -0.2) is 0 Å². The minimum atomic E-state index is -0.468. The zero-order chi connectivity index (χ0) is 21.3. The van der Waals surface area contributed by atoms with Gasteiger partial charge in [0.05, 0.1) is 22.2 Å². The van der Waals surface area contributed by atoms with Crippen LogP contribution in [0.1, 0.15) is 43.4 Å². The van der Waals surface area contributed by atoms with Crippen molar-refractivity contribution in [2.45, 2.75) is 6.04 Å². The molecule has 0 amide bonds. The standard InChI is InChI=1S/C25H14N2O4/c28-24-17-7-3-1-5-15(17)22-20(24)19(13-9-11-14(12-10-13)27(30)31)21-23(26-22)16-6-2-4-8-18(16)25(21)29/h1-12,22,26H. The number of carbonyl (C=O) groups excluding carboxylic acids is 2. The fraction of sp³-hybridized carbons (Fsp3) is 0.0400. The molecule has 0 spiro atoms. The number of nitrogens with one attached hydrogen (secondary N) is 1. The van der Waals surface area contributed by atoms with Crippen molar-refractivity contribution in [3.63, 3.8) is 0 Å². The number of allylic oxidation sites excluding steroid dienone is 2. The first kappa shape index (κ1) is 17.5. The van der Waals surface area contributed by atoms with Crippen LogP contribution in [0.3, 0.4) is 0 Å². The Morgan fingerprint density at radius 1 is 0.742 bits per heavy atom. The summed E-state index contributed by atoms with van der Waals surface area (Å²) >= 11 is 0. The number of nitrogens with zero attached hydrogens (tertiary/aromatic N) is 1. The number of ketones is 2. The van der Waals surface area contributed by atoms with Crippen molar-refractivity contribution in [1.29, 1.82) is 0 Å². The molecule has 148 valence electrons. The number of benzene rings is 3. The highest BCUT2D eigenvalue weighted by Crippen LogP contribution is 2.51. The molecule has 1 aliphatic heterocycles. The molecule has 3 aromatic rings. The summed E-state index contributed by atoms with van der Waals surface area (Å²) in [6, 6.07) is 20.4. The molecule has 31 heavy (non-hydrogen) atoms. The predicted octanol–water partition coefficient (Wildman–Crippen LogP) is 4.50. The largest absolute Gasteiger partial charge is 0.373 e. The van der Waals surface area contributed by atoms with Crippen molar-refractivity contribution in [1.82, 2.24) is 5.32 Å². The van der Waals surface area contributed by atoms with Gasteiger partial charge in [-0.05, 0) is 23.3 Å². The Hall–Kier alpha value is -4.32. The summed E-state index contributed by atoms with van der Waals surface area (Å²) in [7, 11) is 0. The van der Waals surface area contributed by atoms with Crippen LogP contribution in [0.2, 0.25) is 0 Å². The fourth-order valence-corrected chi connectivity index (χ4v) is 4.79. The van der Waals surface area contributed by atoms with Crippen LogP contribution >= 0.6 is 0 Å². The number of nitro benzene ring substituents is 1. The molecule has 6 rings (SSSR count). The van der Waals surface area contributed by atoms with E-state index in [1.807, 2.05) is 36.4 Å². The summed E-state index contributed by atoms with van der Waals surface area (Å²) in [6.45, 7) is 0. The smallest absolute Gasteiger partial charge is 0.269 e. The van der Waals surface area contributed by atoms with Crippen molar-refractivity contribution in [3.8, 4) is 0 Å². The average molecular weight is 406 g/mol. The Balaban J connectivity index is 1.65. The molecular weight excluding hydrogens is 392 g/mol. The molecule has 1 heterocycles. The molecule has 0 fully saturated rings. The van der Waals surface area contributed by atoms with E-state index in [1.165, 1.54) is 12.1 Å². The van der Waals surface area contributed by atoms with Crippen LogP contribution in [-0.2, 0) is 0 Å². The van der Waals surface area contributed by atoms with E-state index in [2.05, 4.69) is 5.32 Å². The van der Waals surface area contributed by atoms with Gasteiger partial charge in [0.1, 0.15) is 0 Å². The number of non-ortho nitro benzene ring substituents is 1. The minimum absolute atomic E-state index is 0.0453. The van der Waals surface area contributed by atoms with Crippen LogP contribution in [-0.4, -0.2) is 16.5 Å². The van der Waals surface area contributed by atoms with E-state index in [4.69, 9.17) is 0 Å². The first-order valence-electron chi connectivity index (χ1n) is 9.84. The normalized spacial score (nSPS) is 18.4. The molecule has 0 radical (unpaired) electrons. The van der Waals surface area contributed by atoms with E-state index < -0.39 is 4.92 Å². The van der Waals surface area contributed by atoms with Gasteiger partial charge < -0.3 is 5.32 Å². The summed E-state index contributed by atoms with van der Waals surface area (Å²) in [6.07, 6.45) is 0. The predicted molar refractivity (Wildman–Crippen MR) is 114 cm³/mol. The van der Waals surface area contributed by atoms with E-state index in [0.29, 0.717) is 39.1 Å². The van der Waals surface area contributed by atoms with Crippen molar-refractivity contribution >= 4 is 28.5 Å². The molecular formula is C25H14N2O4. The molecule has 1 atom stereocenters. The lowest BCUT2D eigenvalue weighted by Crippen LogP contribution is -2.26. The average Bonchev–Trinajstić information content (AvgIpc) is 3.25. The summed E-state index contributed by atoms with van der Waals surface area (Å²) in [4.78, 5) is 37.5. The van der Waals surface area contributed by atoms with Crippen LogP contribution in [0.5, 0.6) is 0 Å². The Morgan fingerprint density at radius 3 is 2.10 bits per heavy atom. The molecule has 2 aliphatic carbocycles. The van der Waals surface area contributed by atoms with E-state index in [0.717, 1.165) is 11.1 Å².